The van der Waals surface area contributed by atoms with Crippen LogP contribution in [0.5, 0.6) is 0 Å². The zero-order chi connectivity index (χ0) is 26.3. The minimum Gasteiger partial charge on any atom is -0.478 e. The number of carboxylic acids is 1. The van der Waals surface area contributed by atoms with Crippen LogP contribution in [0.1, 0.15) is 54.6 Å². The predicted molar refractivity (Wildman–Crippen MR) is 128 cm³/mol. The summed E-state index contributed by atoms with van der Waals surface area (Å²) in [6, 6.07) is 8.02. The molecular weight excluding hydrogens is 491 g/mol. The maximum absolute atomic E-state index is 15.7. The van der Waals surface area contributed by atoms with Gasteiger partial charge >= 0.3 is 12.1 Å². The fourth-order valence-corrected chi connectivity index (χ4v) is 7.03. The Morgan fingerprint density at radius 3 is 2.49 bits per heavy atom. The summed E-state index contributed by atoms with van der Waals surface area (Å²) >= 11 is 0. The number of fused-ring (bicyclic) bond motifs is 4. The third-order valence-corrected chi connectivity index (χ3v) is 8.82. The highest BCUT2D eigenvalue weighted by molar-refractivity contribution is 5.86. The lowest BCUT2D eigenvalue weighted by Crippen LogP contribution is -2.71. The van der Waals surface area contributed by atoms with Gasteiger partial charge in [-0.25, -0.2) is 13.6 Å². The standard InChI is InChI=1S/C28H25F5N2O2/c1-14-10-17-16-4-2-3-5-21(16)34-25(17)26(24-19(29)11-15(12-20(24)30)6-7-23(36)37)35(14)22-13-27(28(31,32)33)9-8-18(22)27/h2-7,11-12,14,18,22,26,34H,8-10,13H2,1H3,(H,36,37)/b7-6+/t14-,18?,22?,26-,27?/m1/s1. The number of aliphatic carboxylic acids is 1. The first-order valence-corrected chi connectivity index (χ1v) is 12.4. The van der Waals surface area contributed by atoms with Crippen molar-refractivity contribution in [3.8, 4) is 0 Å². The molecule has 37 heavy (non-hydrogen) atoms. The number of aromatic amines is 1. The number of hydrogen-bond acceptors (Lipinski definition) is 2. The van der Waals surface area contributed by atoms with Crippen LogP contribution in [0.2, 0.25) is 0 Å². The van der Waals surface area contributed by atoms with Gasteiger partial charge in [-0.05, 0) is 73.9 Å². The zero-order valence-corrected chi connectivity index (χ0v) is 19.9. The van der Waals surface area contributed by atoms with E-state index in [2.05, 4.69) is 4.98 Å². The average Bonchev–Trinajstić information content (AvgIpc) is 3.16. The first-order valence-electron chi connectivity index (χ1n) is 12.4. The van der Waals surface area contributed by atoms with Gasteiger partial charge in [-0.1, -0.05) is 18.2 Å². The van der Waals surface area contributed by atoms with Crippen LogP contribution in [0.4, 0.5) is 22.0 Å². The summed E-state index contributed by atoms with van der Waals surface area (Å²) in [4.78, 5) is 16.1. The summed E-state index contributed by atoms with van der Waals surface area (Å²) < 4.78 is 73.1. The van der Waals surface area contributed by atoms with Crippen LogP contribution in [0.3, 0.4) is 0 Å². The number of alkyl halides is 3. The van der Waals surface area contributed by atoms with Gasteiger partial charge in [-0.2, -0.15) is 13.2 Å². The minimum absolute atomic E-state index is 0.0483. The molecule has 5 atom stereocenters. The molecule has 2 saturated carbocycles. The normalized spacial score (nSPS) is 29.6. The number of carboxylic acid groups (broad SMARTS) is 1. The van der Waals surface area contributed by atoms with Gasteiger partial charge in [0.15, 0.2) is 0 Å². The smallest absolute Gasteiger partial charge is 0.394 e. The van der Waals surface area contributed by atoms with E-state index in [0.29, 0.717) is 18.5 Å². The third kappa shape index (κ3) is 3.46. The van der Waals surface area contributed by atoms with Gasteiger partial charge in [0.2, 0.25) is 0 Å². The molecular formula is C28H25F5N2O2. The highest BCUT2D eigenvalue weighted by Gasteiger charge is 2.74. The van der Waals surface area contributed by atoms with Crippen molar-refractivity contribution < 1.29 is 31.9 Å². The number of rotatable bonds is 4. The molecule has 2 aliphatic carbocycles. The van der Waals surface area contributed by atoms with E-state index in [1.54, 1.807) is 0 Å². The molecule has 4 nitrogen and oxygen atoms in total. The van der Waals surface area contributed by atoms with E-state index < -0.39 is 47.2 Å². The van der Waals surface area contributed by atoms with Crippen LogP contribution in [-0.4, -0.2) is 39.2 Å². The maximum Gasteiger partial charge on any atom is 0.394 e. The molecule has 0 amide bonds. The molecule has 2 N–H and O–H groups in total. The van der Waals surface area contributed by atoms with Gasteiger partial charge in [0.05, 0.1) is 11.5 Å². The molecule has 1 aliphatic heterocycles. The van der Waals surface area contributed by atoms with Crippen LogP contribution in [0, 0.1) is 23.0 Å². The highest BCUT2D eigenvalue weighted by atomic mass is 19.4. The third-order valence-electron chi connectivity index (χ3n) is 8.82. The van der Waals surface area contributed by atoms with E-state index in [1.807, 2.05) is 36.1 Å². The van der Waals surface area contributed by atoms with Crippen molar-refractivity contribution in [1.29, 1.82) is 0 Å². The van der Waals surface area contributed by atoms with E-state index in [-0.39, 0.29) is 30.0 Å². The molecule has 2 heterocycles. The zero-order valence-electron chi connectivity index (χ0n) is 19.9. The second-order valence-electron chi connectivity index (χ2n) is 10.6. The lowest BCUT2D eigenvalue weighted by molar-refractivity contribution is -0.335. The van der Waals surface area contributed by atoms with Gasteiger partial charge in [0.1, 0.15) is 11.6 Å². The topological polar surface area (TPSA) is 56.3 Å². The van der Waals surface area contributed by atoms with Crippen molar-refractivity contribution in [2.24, 2.45) is 11.3 Å². The van der Waals surface area contributed by atoms with E-state index in [4.69, 9.17) is 5.11 Å². The average molecular weight is 517 g/mol. The minimum atomic E-state index is -4.30. The van der Waals surface area contributed by atoms with Crippen molar-refractivity contribution in [2.45, 2.75) is 56.9 Å². The largest absolute Gasteiger partial charge is 0.478 e. The van der Waals surface area contributed by atoms with Gasteiger partial charge in [0, 0.05) is 40.3 Å². The van der Waals surface area contributed by atoms with E-state index in [1.165, 1.54) is 0 Å². The number of nitrogens with zero attached hydrogens (tertiary/aromatic N) is 1. The molecule has 194 valence electrons. The number of H-pyrrole nitrogens is 1. The number of benzene rings is 2. The number of halogens is 5. The lowest BCUT2D eigenvalue weighted by Gasteiger charge is -2.67. The lowest BCUT2D eigenvalue weighted by atomic mass is 9.44. The molecule has 0 saturated heterocycles. The van der Waals surface area contributed by atoms with Crippen LogP contribution < -0.4 is 0 Å². The molecule has 2 aromatic carbocycles. The Kier molecular flexibility index (Phi) is 5.32. The number of aromatic nitrogens is 1. The monoisotopic (exact) mass is 516 g/mol. The summed E-state index contributed by atoms with van der Waals surface area (Å²) in [5, 5.41) is 9.80. The number of hydrogen-bond donors (Lipinski definition) is 2. The molecule has 1 aromatic heterocycles. The second-order valence-corrected chi connectivity index (χ2v) is 10.6. The SMILES string of the molecule is C[C@@H]1Cc2c([nH]c3ccccc23)[C@@H](c2c(F)cc(/C=C/C(=O)O)cc2F)N1C1CC2(C(F)(F)F)CCC12. The van der Waals surface area contributed by atoms with Gasteiger partial charge < -0.3 is 10.1 Å². The Morgan fingerprint density at radius 2 is 1.89 bits per heavy atom. The van der Waals surface area contributed by atoms with E-state index in [0.717, 1.165) is 40.8 Å². The van der Waals surface area contributed by atoms with Gasteiger partial charge in [-0.3, -0.25) is 4.90 Å². The summed E-state index contributed by atoms with van der Waals surface area (Å²) in [5.74, 6) is -3.59. The Hall–Kier alpha value is -3.20. The van der Waals surface area contributed by atoms with Crippen molar-refractivity contribution in [2.75, 3.05) is 0 Å². The highest BCUT2D eigenvalue weighted by Crippen LogP contribution is 2.70. The molecule has 3 aliphatic rings. The Bertz CT molecular complexity index is 1420. The van der Waals surface area contributed by atoms with Crippen LogP contribution in [0.25, 0.3) is 17.0 Å². The fourth-order valence-electron chi connectivity index (χ4n) is 7.03. The van der Waals surface area contributed by atoms with Crippen molar-refractivity contribution >= 4 is 22.9 Å². The van der Waals surface area contributed by atoms with Gasteiger partial charge in [0.25, 0.3) is 0 Å². The number of nitrogens with one attached hydrogen (secondary N) is 1. The molecule has 2 fully saturated rings. The Morgan fingerprint density at radius 1 is 1.19 bits per heavy atom. The van der Waals surface area contributed by atoms with Crippen molar-refractivity contribution in [3.63, 3.8) is 0 Å². The molecule has 3 aromatic rings. The Labute approximate surface area is 209 Å². The van der Waals surface area contributed by atoms with Gasteiger partial charge in [-0.15, -0.1) is 0 Å². The summed E-state index contributed by atoms with van der Waals surface area (Å²) in [5.41, 5.74) is 0.409. The molecule has 0 radical (unpaired) electrons. The fraction of sp³-hybridized carbons (Fsp3) is 0.393. The summed E-state index contributed by atoms with van der Waals surface area (Å²) in [6.07, 6.45) is -1.42. The van der Waals surface area contributed by atoms with Crippen molar-refractivity contribution in [3.05, 3.63) is 76.5 Å². The maximum atomic E-state index is 15.7. The first kappa shape index (κ1) is 24.2. The molecule has 0 bridgehead atoms. The van der Waals surface area contributed by atoms with E-state index in [9.17, 15) is 18.0 Å². The number of carbonyl (C=O) groups is 1. The summed E-state index contributed by atoms with van der Waals surface area (Å²) in [7, 11) is 0. The molecule has 3 unspecified atom stereocenters. The number of para-hydroxylation sites is 1. The van der Waals surface area contributed by atoms with E-state index >= 15 is 8.78 Å². The van der Waals surface area contributed by atoms with Crippen LogP contribution in [0.15, 0.2) is 42.5 Å². The molecule has 9 heteroatoms. The summed E-state index contributed by atoms with van der Waals surface area (Å²) in [6.45, 7) is 1.91. The predicted octanol–water partition coefficient (Wildman–Crippen LogP) is 6.61. The quantitative estimate of drug-likeness (QED) is 0.303. The molecule has 0 spiro atoms. The first-order chi connectivity index (χ1) is 17.5. The van der Waals surface area contributed by atoms with Crippen LogP contribution >= 0.6 is 0 Å². The molecule has 6 rings (SSSR count). The van der Waals surface area contributed by atoms with Crippen molar-refractivity contribution in [1.82, 2.24) is 9.88 Å². The Balaban J connectivity index is 1.50. The van der Waals surface area contributed by atoms with Crippen LogP contribution in [-0.2, 0) is 11.2 Å². The second kappa shape index (κ2) is 8.15.